The molecule has 0 spiro atoms. The van der Waals surface area contributed by atoms with E-state index in [1.165, 1.54) is 15.6 Å². The van der Waals surface area contributed by atoms with Gasteiger partial charge in [0, 0.05) is 37.0 Å². The smallest absolute Gasteiger partial charge is 0.252 e. The van der Waals surface area contributed by atoms with Crippen LogP contribution in [-0.4, -0.2) is 55.1 Å². The second kappa shape index (κ2) is 8.12. The summed E-state index contributed by atoms with van der Waals surface area (Å²) in [5.74, 6) is -0.339. The lowest BCUT2D eigenvalue weighted by atomic mass is 10.1. The summed E-state index contributed by atoms with van der Waals surface area (Å²) in [4.78, 5) is 27.5. The number of thiophene rings is 1. The maximum absolute atomic E-state index is 12.6. The fourth-order valence-corrected chi connectivity index (χ4v) is 7.41. The largest absolute Gasteiger partial charge is 0.351 e. The molecule has 1 aromatic heterocycles. The summed E-state index contributed by atoms with van der Waals surface area (Å²) in [7, 11) is -3.41. The van der Waals surface area contributed by atoms with Crippen LogP contribution in [0.15, 0.2) is 16.3 Å². The van der Waals surface area contributed by atoms with E-state index in [2.05, 4.69) is 5.32 Å². The molecule has 0 aromatic carbocycles. The molecule has 0 radical (unpaired) electrons. The van der Waals surface area contributed by atoms with E-state index in [-0.39, 0.29) is 24.2 Å². The summed E-state index contributed by atoms with van der Waals surface area (Å²) in [6.07, 6.45) is 6.50. The van der Waals surface area contributed by atoms with E-state index in [1.807, 2.05) is 4.90 Å². The second-order valence-electron chi connectivity index (χ2n) is 7.94. The molecule has 154 valence electrons. The van der Waals surface area contributed by atoms with Crippen LogP contribution in [0.5, 0.6) is 0 Å². The highest BCUT2D eigenvalue weighted by molar-refractivity contribution is 7.91. The van der Waals surface area contributed by atoms with Crippen LogP contribution in [0.3, 0.4) is 0 Å². The molecular formula is C19H27N3O4S2. The molecule has 2 saturated heterocycles. The monoisotopic (exact) mass is 425 g/mol. The third-order valence-corrected chi connectivity index (χ3v) is 9.48. The van der Waals surface area contributed by atoms with Gasteiger partial charge in [-0.1, -0.05) is 12.8 Å². The van der Waals surface area contributed by atoms with Crippen LogP contribution < -0.4 is 5.32 Å². The van der Waals surface area contributed by atoms with Gasteiger partial charge in [-0.05, 0) is 37.8 Å². The number of hydrogen-bond acceptors (Lipinski definition) is 5. The molecule has 2 amide bonds. The second-order valence-corrected chi connectivity index (χ2v) is 11.3. The van der Waals surface area contributed by atoms with Crippen molar-refractivity contribution < 1.29 is 18.0 Å². The summed E-state index contributed by atoms with van der Waals surface area (Å²) in [5, 5.41) is 2.89. The van der Waals surface area contributed by atoms with E-state index in [9.17, 15) is 18.0 Å². The summed E-state index contributed by atoms with van der Waals surface area (Å²) in [6.45, 7) is 1.97. The molecule has 3 heterocycles. The number of nitrogens with one attached hydrogen (secondary N) is 1. The van der Waals surface area contributed by atoms with Gasteiger partial charge >= 0.3 is 0 Å². The molecular weight excluding hydrogens is 398 g/mol. The van der Waals surface area contributed by atoms with Crippen molar-refractivity contribution >= 4 is 33.2 Å². The summed E-state index contributed by atoms with van der Waals surface area (Å²) < 4.78 is 27.1. The first-order valence-corrected chi connectivity index (χ1v) is 12.4. The van der Waals surface area contributed by atoms with Gasteiger partial charge in [-0.25, -0.2) is 8.42 Å². The molecule has 1 atom stereocenters. The maximum Gasteiger partial charge on any atom is 0.252 e. The van der Waals surface area contributed by atoms with Gasteiger partial charge in [-0.2, -0.15) is 4.31 Å². The molecule has 1 unspecified atom stereocenters. The Morgan fingerprint density at radius 1 is 1.14 bits per heavy atom. The Labute approximate surface area is 170 Å². The predicted molar refractivity (Wildman–Crippen MR) is 106 cm³/mol. The number of sulfonamides is 1. The van der Waals surface area contributed by atoms with Crippen LogP contribution >= 0.6 is 11.3 Å². The van der Waals surface area contributed by atoms with Crippen molar-refractivity contribution in [1.82, 2.24) is 14.5 Å². The molecule has 9 heteroatoms. The van der Waals surface area contributed by atoms with Gasteiger partial charge < -0.3 is 10.2 Å². The fourth-order valence-electron chi connectivity index (χ4n) is 4.44. The average molecular weight is 426 g/mol. The van der Waals surface area contributed by atoms with E-state index in [0.717, 1.165) is 43.4 Å². The zero-order valence-corrected chi connectivity index (χ0v) is 17.6. The topological polar surface area (TPSA) is 86.8 Å². The van der Waals surface area contributed by atoms with Gasteiger partial charge in [-0.3, -0.25) is 9.59 Å². The lowest BCUT2D eigenvalue weighted by molar-refractivity contribution is -0.130. The van der Waals surface area contributed by atoms with Crippen LogP contribution in [-0.2, 0) is 26.2 Å². The highest BCUT2D eigenvalue weighted by atomic mass is 32.2. The number of nitrogens with zero attached hydrogens (tertiary/aromatic N) is 2. The number of amides is 2. The SMILES string of the molecule is O=C(NCc1ccc(S(=O)(=O)N2CCCC2)s1)C1CC(=O)N(C2CCCC2)C1. The van der Waals surface area contributed by atoms with E-state index in [0.29, 0.717) is 36.4 Å². The van der Waals surface area contributed by atoms with Crippen molar-refractivity contribution in [2.24, 2.45) is 5.92 Å². The summed E-state index contributed by atoms with van der Waals surface area (Å²) in [5.41, 5.74) is 0. The molecule has 4 rings (SSSR count). The Bertz CT molecular complexity index is 839. The van der Waals surface area contributed by atoms with Gasteiger partial charge in [0.1, 0.15) is 4.21 Å². The van der Waals surface area contributed by atoms with E-state index in [4.69, 9.17) is 0 Å². The number of carbonyl (C=O) groups is 2. The minimum atomic E-state index is -3.41. The Kier molecular flexibility index (Phi) is 5.76. The highest BCUT2D eigenvalue weighted by Gasteiger charge is 2.38. The summed E-state index contributed by atoms with van der Waals surface area (Å²) >= 11 is 1.21. The first-order chi connectivity index (χ1) is 13.4. The Morgan fingerprint density at radius 2 is 1.86 bits per heavy atom. The van der Waals surface area contributed by atoms with Gasteiger partial charge in [0.15, 0.2) is 0 Å². The molecule has 28 heavy (non-hydrogen) atoms. The highest BCUT2D eigenvalue weighted by Crippen LogP contribution is 2.30. The molecule has 2 aliphatic heterocycles. The first kappa shape index (κ1) is 19.8. The van der Waals surface area contributed by atoms with Gasteiger partial charge in [-0.15, -0.1) is 11.3 Å². The molecule has 1 aromatic rings. The van der Waals surface area contributed by atoms with Crippen LogP contribution in [0.1, 0.15) is 49.8 Å². The number of hydrogen-bond donors (Lipinski definition) is 1. The predicted octanol–water partition coefficient (Wildman–Crippen LogP) is 1.94. The van der Waals surface area contributed by atoms with Crippen molar-refractivity contribution in [3.8, 4) is 0 Å². The molecule has 0 bridgehead atoms. The van der Waals surface area contributed by atoms with Crippen molar-refractivity contribution in [3.63, 3.8) is 0 Å². The van der Waals surface area contributed by atoms with Crippen LogP contribution in [0.4, 0.5) is 0 Å². The van der Waals surface area contributed by atoms with Crippen molar-refractivity contribution in [2.75, 3.05) is 19.6 Å². The van der Waals surface area contributed by atoms with Crippen LogP contribution in [0.2, 0.25) is 0 Å². The van der Waals surface area contributed by atoms with Crippen molar-refractivity contribution in [3.05, 3.63) is 17.0 Å². The third kappa shape index (κ3) is 3.97. The lowest BCUT2D eigenvalue weighted by Gasteiger charge is -2.23. The zero-order chi connectivity index (χ0) is 19.7. The number of rotatable bonds is 6. The number of carbonyl (C=O) groups excluding carboxylic acids is 2. The molecule has 7 nitrogen and oxygen atoms in total. The standard InChI is InChI=1S/C19H27N3O4S2/c23-17-11-14(13-22(17)15-5-1-2-6-15)19(24)20-12-16-7-8-18(27-16)28(25,26)21-9-3-4-10-21/h7-8,14-15H,1-6,9-13H2,(H,20,24). The Balaban J connectivity index is 1.32. The van der Waals surface area contributed by atoms with Gasteiger partial charge in [0.05, 0.1) is 12.5 Å². The zero-order valence-electron chi connectivity index (χ0n) is 15.9. The minimum Gasteiger partial charge on any atom is -0.351 e. The van der Waals surface area contributed by atoms with E-state index >= 15 is 0 Å². The van der Waals surface area contributed by atoms with Gasteiger partial charge in [0.25, 0.3) is 10.0 Å². The first-order valence-electron chi connectivity index (χ1n) is 10.1. The quantitative estimate of drug-likeness (QED) is 0.755. The van der Waals surface area contributed by atoms with Gasteiger partial charge in [0.2, 0.25) is 11.8 Å². The van der Waals surface area contributed by atoms with Crippen molar-refractivity contribution in [2.45, 2.75) is 61.7 Å². The maximum atomic E-state index is 12.6. The Morgan fingerprint density at radius 3 is 2.57 bits per heavy atom. The number of likely N-dealkylation sites (tertiary alicyclic amines) is 1. The van der Waals surface area contributed by atoms with E-state index < -0.39 is 10.0 Å². The third-order valence-electron chi connectivity index (χ3n) is 6.03. The molecule has 3 aliphatic rings. The van der Waals surface area contributed by atoms with E-state index in [1.54, 1.807) is 12.1 Å². The normalized spacial score (nSPS) is 24.4. The molecule has 3 fully saturated rings. The molecule has 1 saturated carbocycles. The summed E-state index contributed by atoms with van der Waals surface area (Å²) in [6, 6.07) is 3.69. The lowest BCUT2D eigenvalue weighted by Crippen LogP contribution is -2.36. The van der Waals surface area contributed by atoms with Crippen molar-refractivity contribution in [1.29, 1.82) is 0 Å². The minimum absolute atomic E-state index is 0.0853. The molecule has 1 aliphatic carbocycles. The average Bonchev–Trinajstić information content (AvgIpc) is 3.47. The van der Waals surface area contributed by atoms with Crippen LogP contribution in [0.25, 0.3) is 0 Å². The van der Waals surface area contributed by atoms with Crippen LogP contribution in [0, 0.1) is 5.92 Å². The Hall–Kier alpha value is -1.45. The fraction of sp³-hybridized carbons (Fsp3) is 0.684. The molecule has 1 N–H and O–H groups in total.